The summed E-state index contributed by atoms with van der Waals surface area (Å²) in [5.41, 5.74) is 0.207. The maximum absolute atomic E-state index is 6.35. The van der Waals surface area contributed by atoms with Crippen molar-refractivity contribution in [3.8, 4) is 0 Å². The first-order valence-electron chi connectivity index (χ1n) is 7.03. The van der Waals surface area contributed by atoms with Crippen molar-refractivity contribution in [1.29, 1.82) is 0 Å². The number of ether oxygens (including phenoxy) is 3. The van der Waals surface area contributed by atoms with Crippen LogP contribution in [0.15, 0.2) is 0 Å². The van der Waals surface area contributed by atoms with E-state index in [1.807, 2.05) is 0 Å². The molecule has 0 spiro atoms. The summed E-state index contributed by atoms with van der Waals surface area (Å²) in [6.45, 7) is 7.25. The number of alkyl halides is 1. The molecule has 2 atom stereocenters. The highest BCUT2D eigenvalue weighted by Gasteiger charge is 2.52. The van der Waals surface area contributed by atoms with Gasteiger partial charge in [-0.1, -0.05) is 13.8 Å². The average molecular weight is 279 g/mol. The first-order chi connectivity index (χ1) is 8.71. The molecule has 3 nitrogen and oxygen atoms in total. The lowest BCUT2D eigenvalue weighted by atomic mass is 9.62. The van der Waals surface area contributed by atoms with Crippen molar-refractivity contribution in [2.75, 3.05) is 33.5 Å². The van der Waals surface area contributed by atoms with E-state index in [1.54, 1.807) is 7.11 Å². The van der Waals surface area contributed by atoms with Crippen molar-refractivity contribution in [2.24, 2.45) is 5.41 Å². The van der Waals surface area contributed by atoms with Crippen LogP contribution >= 0.6 is 11.6 Å². The lowest BCUT2D eigenvalue weighted by Crippen LogP contribution is -2.55. The predicted molar refractivity (Wildman–Crippen MR) is 74.3 cm³/mol. The molecule has 2 unspecified atom stereocenters. The molecule has 0 aromatic carbocycles. The van der Waals surface area contributed by atoms with Crippen LogP contribution in [0.4, 0.5) is 0 Å². The van der Waals surface area contributed by atoms with Gasteiger partial charge in [-0.15, -0.1) is 11.6 Å². The Bertz CT molecular complexity index is 219. The molecule has 0 aliphatic heterocycles. The molecule has 1 rings (SSSR count). The van der Waals surface area contributed by atoms with Gasteiger partial charge < -0.3 is 14.2 Å². The van der Waals surface area contributed by atoms with Crippen molar-refractivity contribution in [3.63, 3.8) is 0 Å². The van der Waals surface area contributed by atoms with Gasteiger partial charge in [0, 0.05) is 31.1 Å². The van der Waals surface area contributed by atoms with Gasteiger partial charge in [-0.2, -0.15) is 0 Å². The molecule has 1 fully saturated rings. The third-order valence-electron chi connectivity index (χ3n) is 4.19. The Hall–Kier alpha value is 0.170. The summed E-state index contributed by atoms with van der Waals surface area (Å²) in [5, 5.41) is 0.287. The maximum atomic E-state index is 6.35. The Labute approximate surface area is 116 Å². The van der Waals surface area contributed by atoms with Gasteiger partial charge in [-0.05, 0) is 25.7 Å². The fourth-order valence-electron chi connectivity index (χ4n) is 2.71. The van der Waals surface area contributed by atoms with Gasteiger partial charge in [0.25, 0.3) is 0 Å². The van der Waals surface area contributed by atoms with Crippen molar-refractivity contribution in [2.45, 2.75) is 51.0 Å². The van der Waals surface area contributed by atoms with E-state index in [0.29, 0.717) is 19.3 Å². The minimum absolute atomic E-state index is 0.207. The molecule has 0 aromatic heterocycles. The number of rotatable bonds is 10. The summed E-state index contributed by atoms with van der Waals surface area (Å²) in [6.07, 6.45) is 4.48. The topological polar surface area (TPSA) is 27.7 Å². The quantitative estimate of drug-likeness (QED) is 0.454. The fraction of sp³-hybridized carbons (Fsp3) is 1.00. The average Bonchev–Trinajstić information content (AvgIpc) is 2.38. The van der Waals surface area contributed by atoms with E-state index in [9.17, 15) is 0 Å². The molecule has 18 heavy (non-hydrogen) atoms. The van der Waals surface area contributed by atoms with E-state index < -0.39 is 0 Å². The van der Waals surface area contributed by atoms with Gasteiger partial charge in [0.2, 0.25) is 0 Å². The molecular weight excluding hydrogens is 252 g/mol. The van der Waals surface area contributed by atoms with Gasteiger partial charge >= 0.3 is 0 Å². The van der Waals surface area contributed by atoms with Crippen LogP contribution in [0.25, 0.3) is 0 Å². The van der Waals surface area contributed by atoms with E-state index >= 15 is 0 Å². The zero-order valence-electron chi connectivity index (χ0n) is 11.9. The molecule has 0 bridgehead atoms. The highest BCUT2D eigenvalue weighted by atomic mass is 35.5. The minimum atomic E-state index is 0.207. The van der Waals surface area contributed by atoms with Gasteiger partial charge in [-0.3, -0.25) is 0 Å². The van der Waals surface area contributed by atoms with E-state index in [-0.39, 0.29) is 10.8 Å². The summed E-state index contributed by atoms with van der Waals surface area (Å²) in [4.78, 5) is 0. The van der Waals surface area contributed by atoms with Crippen LogP contribution < -0.4 is 0 Å². The molecule has 0 N–H and O–H groups in total. The molecule has 0 amide bonds. The minimum Gasteiger partial charge on any atom is -0.382 e. The maximum Gasteiger partial charge on any atom is 0.0700 e. The second kappa shape index (κ2) is 8.36. The molecule has 0 aromatic rings. The summed E-state index contributed by atoms with van der Waals surface area (Å²) in [6, 6.07) is 0. The molecule has 1 saturated carbocycles. The van der Waals surface area contributed by atoms with E-state index in [2.05, 4.69) is 13.8 Å². The summed E-state index contributed by atoms with van der Waals surface area (Å²) < 4.78 is 16.3. The number of methoxy groups -OCH3 is 1. The summed E-state index contributed by atoms with van der Waals surface area (Å²) >= 11 is 6.35. The van der Waals surface area contributed by atoms with Crippen LogP contribution in [0.1, 0.15) is 39.5 Å². The smallest absolute Gasteiger partial charge is 0.0700 e. The first-order valence-corrected chi connectivity index (χ1v) is 7.47. The Kier molecular flexibility index (Phi) is 7.54. The van der Waals surface area contributed by atoms with Crippen LogP contribution in [0, 0.1) is 5.41 Å². The third kappa shape index (κ3) is 3.83. The molecular formula is C14H27ClO3. The predicted octanol–water partition coefficient (Wildman–Crippen LogP) is 3.24. The monoisotopic (exact) mass is 278 g/mol. The molecule has 1 aliphatic rings. The van der Waals surface area contributed by atoms with Crippen molar-refractivity contribution in [3.05, 3.63) is 0 Å². The Morgan fingerprint density at radius 1 is 1.11 bits per heavy atom. The van der Waals surface area contributed by atoms with E-state index in [1.165, 1.54) is 0 Å². The Morgan fingerprint density at radius 2 is 1.83 bits per heavy atom. The molecule has 4 heteroatoms. The lowest BCUT2D eigenvalue weighted by molar-refractivity contribution is -0.115. The SMILES string of the molecule is CCC1(CC)C(Cl)CC1OCCCOCCOC. The second-order valence-corrected chi connectivity index (χ2v) is 5.49. The van der Waals surface area contributed by atoms with Crippen molar-refractivity contribution in [1.82, 2.24) is 0 Å². The molecule has 0 radical (unpaired) electrons. The first kappa shape index (κ1) is 16.2. The fourth-order valence-corrected chi connectivity index (χ4v) is 3.32. The van der Waals surface area contributed by atoms with Gasteiger partial charge in [0.15, 0.2) is 0 Å². The third-order valence-corrected chi connectivity index (χ3v) is 4.80. The molecule has 0 saturated heterocycles. The number of hydrogen-bond donors (Lipinski definition) is 0. The van der Waals surface area contributed by atoms with Crippen molar-refractivity contribution < 1.29 is 14.2 Å². The zero-order chi connectivity index (χ0) is 13.4. The zero-order valence-corrected chi connectivity index (χ0v) is 12.7. The van der Waals surface area contributed by atoms with Crippen LogP contribution in [0.2, 0.25) is 0 Å². The normalized spacial score (nSPS) is 26.0. The van der Waals surface area contributed by atoms with Crippen molar-refractivity contribution >= 4 is 11.6 Å². The van der Waals surface area contributed by atoms with Crippen LogP contribution in [-0.2, 0) is 14.2 Å². The summed E-state index contributed by atoms with van der Waals surface area (Å²) in [7, 11) is 1.68. The van der Waals surface area contributed by atoms with Crippen LogP contribution in [-0.4, -0.2) is 45.0 Å². The standard InChI is InChI=1S/C14H27ClO3/c1-4-14(5-2)12(15)11-13(14)18-8-6-7-17-10-9-16-3/h12-13H,4-11H2,1-3H3. The number of halogens is 1. The van der Waals surface area contributed by atoms with Crippen LogP contribution in [0.5, 0.6) is 0 Å². The van der Waals surface area contributed by atoms with Crippen LogP contribution in [0.3, 0.4) is 0 Å². The second-order valence-electron chi connectivity index (χ2n) is 4.96. The van der Waals surface area contributed by atoms with E-state index in [0.717, 1.165) is 38.9 Å². The Balaban J connectivity index is 2.09. The molecule has 108 valence electrons. The summed E-state index contributed by atoms with van der Waals surface area (Å²) in [5.74, 6) is 0. The largest absolute Gasteiger partial charge is 0.382 e. The highest BCUT2D eigenvalue weighted by Crippen LogP contribution is 2.51. The lowest BCUT2D eigenvalue weighted by Gasteiger charge is -2.52. The van der Waals surface area contributed by atoms with Gasteiger partial charge in [0.05, 0.1) is 19.3 Å². The van der Waals surface area contributed by atoms with Gasteiger partial charge in [-0.25, -0.2) is 0 Å². The van der Waals surface area contributed by atoms with E-state index in [4.69, 9.17) is 25.8 Å². The van der Waals surface area contributed by atoms with Gasteiger partial charge in [0.1, 0.15) is 0 Å². The molecule has 1 aliphatic carbocycles. The Morgan fingerprint density at radius 3 is 2.39 bits per heavy atom. The highest BCUT2D eigenvalue weighted by molar-refractivity contribution is 6.21. The number of hydrogen-bond acceptors (Lipinski definition) is 3. The molecule has 0 heterocycles.